The van der Waals surface area contributed by atoms with Crippen molar-refractivity contribution in [2.24, 2.45) is 0 Å². The molecule has 0 aliphatic rings. The zero-order valence-electron chi connectivity index (χ0n) is 24.7. The van der Waals surface area contributed by atoms with Gasteiger partial charge in [0.25, 0.3) is 5.91 Å². The fourth-order valence-electron chi connectivity index (χ4n) is 4.71. The predicted octanol–water partition coefficient (Wildman–Crippen LogP) is 4.99. The molecule has 1 unspecified atom stereocenters. The summed E-state index contributed by atoms with van der Waals surface area (Å²) in [5.74, 6) is 1.28. The number of amides is 1. The van der Waals surface area contributed by atoms with Gasteiger partial charge in [0.1, 0.15) is 30.1 Å². The van der Waals surface area contributed by atoms with Crippen molar-refractivity contribution in [1.82, 2.24) is 10.6 Å². The average molecular weight is 596 g/mol. The Morgan fingerprint density at radius 2 is 1.70 bits per heavy atom. The van der Waals surface area contributed by atoms with Gasteiger partial charge in [0.2, 0.25) is 0 Å². The molecule has 0 saturated carbocycles. The lowest BCUT2D eigenvalue weighted by Crippen LogP contribution is -2.23. The van der Waals surface area contributed by atoms with Crippen molar-refractivity contribution >= 4 is 24.0 Å². The summed E-state index contributed by atoms with van der Waals surface area (Å²) in [6, 6.07) is 25.7. The highest BCUT2D eigenvalue weighted by atomic mass is 16.5. The van der Waals surface area contributed by atoms with Gasteiger partial charge in [-0.1, -0.05) is 48.5 Å². The van der Waals surface area contributed by atoms with Crippen LogP contribution in [0.3, 0.4) is 0 Å². The predicted molar refractivity (Wildman–Crippen MR) is 171 cm³/mol. The second kappa shape index (κ2) is 15.9. The first-order chi connectivity index (χ1) is 21.4. The van der Waals surface area contributed by atoms with Gasteiger partial charge in [-0.05, 0) is 65.2 Å². The van der Waals surface area contributed by atoms with Crippen molar-refractivity contribution in [3.8, 4) is 17.2 Å². The zero-order chi connectivity index (χ0) is 31.3. The van der Waals surface area contributed by atoms with Crippen LogP contribution >= 0.6 is 0 Å². The van der Waals surface area contributed by atoms with Gasteiger partial charge < -0.3 is 35.6 Å². The minimum absolute atomic E-state index is 0.0190. The number of benzene rings is 4. The van der Waals surface area contributed by atoms with Crippen LogP contribution in [0.25, 0.3) is 6.08 Å². The molecule has 4 aromatic rings. The van der Waals surface area contributed by atoms with Gasteiger partial charge >= 0.3 is 0 Å². The molecule has 4 aromatic carbocycles. The number of ether oxygens (including phenoxy) is 2. The number of aliphatic hydroxyl groups is 1. The molecule has 0 aromatic heterocycles. The molecule has 9 nitrogen and oxygen atoms in total. The molecule has 0 bridgehead atoms. The molecular weight excluding hydrogens is 558 g/mol. The molecule has 0 aliphatic carbocycles. The Hall–Kier alpha value is -5.12. The summed E-state index contributed by atoms with van der Waals surface area (Å²) < 4.78 is 11.4. The number of aromatic hydroxyl groups is 1. The molecule has 0 radical (unpaired) electrons. The third-order valence-electron chi connectivity index (χ3n) is 7.03. The van der Waals surface area contributed by atoms with E-state index in [1.807, 2.05) is 60.7 Å². The first-order valence-corrected chi connectivity index (χ1v) is 14.2. The van der Waals surface area contributed by atoms with E-state index in [1.165, 1.54) is 12.1 Å². The number of allylic oxidation sites excluding steroid dienone is 1. The minimum Gasteiger partial charge on any atom is -0.506 e. The molecule has 44 heavy (non-hydrogen) atoms. The molecule has 4 rings (SSSR count). The first kappa shape index (κ1) is 31.8. The van der Waals surface area contributed by atoms with E-state index in [0.717, 1.165) is 22.4 Å². The lowest BCUT2D eigenvalue weighted by molar-refractivity contribution is -0.104. The van der Waals surface area contributed by atoms with Gasteiger partial charge in [-0.3, -0.25) is 9.59 Å². The van der Waals surface area contributed by atoms with E-state index in [2.05, 4.69) is 16.0 Å². The highest BCUT2D eigenvalue weighted by molar-refractivity contribution is 5.94. The van der Waals surface area contributed by atoms with Crippen LogP contribution in [0.2, 0.25) is 0 Å². The van der Waals surface area contributed by atoms with E-state index < -0.39 is 6.10 Å². The lowest BCUT2D eigenvalue weighted by Gasteiger charge is -2.19. The number of carbonyl (C=O) groups is 2. The third-order valence-corrected chi connectivity index (χ3v) is 7.03. The van der Waals surface area contributed by atoms with E-state index in [0.29, 0.717) is 54.1 Å². The number of aldehydes is 1. The molecule has 0 saturated heterocycles. The Kier molecular flexibility index (Phi) is 11.5. The molecule has 1 atom stereocenters. The number of hydrogen-bond acceptors (Lipinski definition) is 8. The summed E-state index contributed by atoms with van der Waals surface area (Å²) >= 11 is 0. The van der Waals surface area contributed by atoms with E-state index in [9.17, 15) is 19.8 Å². The summed E-state index contributed by atoms with van der Waals surface area (Å²) in [4.78, 5) is 23.6. The maximum atomic E-state index is 12.7. The summed E-state index contributed by atoms with van der Waals surface area (Å²) in [6.45, 7) is 1.38. The van der Waals surface area contributed by atoms with Crippen molar-refractivity contribution in [2.45, 2.75) is 25.8 Å². The normalized spacial score (nSPS) is 11.6. The second-order valence-corrected chi connectivity index (χ2v) is 9.98. The summed E-state index contributed by atoms with van der Waals surface area (Å²) in [5, 5.41) is 30.2. The number of rotatable bonds is 15. The van der Waals surface area contributed by atoms with Crippen LogP contribution in [0.5, 0.6) is 17.2 Å². The van der Waals surface area contributed by atoms with Crippen molar-refractivity contribution in [3.05, 3.63) is 124 Å². The van der Waals surface area contributed by atoms with E-state index >= 15 is 0 Å². The van der Waals surface area contributed by atoms with Gasteiger partial charge in [0, 0.05) is 43.4 Å². The van der Waals surface area contributed by atoms with E-state index in [1.54, 1.807) is 38.4 Å². The van der Waals surface area contributed by atoms with Crippen molar-refractivity contribution in [1.29, 1.82) is 0 Å². The lowest BCUT2D eigenvalue weighted by atomic mass is 9.99. The van der Waals surface area contributed by atoms with E-state index in [-0.39, 0.29) is 18.2 Å². The first-order valence-electron chi connectivity index (χ1n) is 14.2. The standard InChI is InChI=1S/C35H37N3O6/c1-36-34-30(9-6-18-39)29(16-17-31(34)40)32(41)22-37-21-27-15-12-25(19-33(27)43-2)20-38-35(42)26-13-10-24(11-14-26)23-44-28-7-4-3-5-8-28/h3-19,32,36-37,40-41H,20-23H2,1-2H3,(H,38,42)/b9-6-. The maximum absolute atomic E-state index is 12.7. The fourth-order valence-corrected chi connectivity index (χ4v) is 4.71. The zero-order valence-corrected chi connectivity index (χ0v) is 24.7. The topological polar surface area (TPSA) is 129 Å². The number of para-hydroxylation sites is 1. The van der Waals surface area contributed by atoms with Crippen LogP contribution < -0.4 is 25.4 Å². The Morgan fingerprint density at radius 3 is 2.41 bits per heavy atom. The van der Waals surface area contributed by atoms with Crippen molar-refractivity contribution in [2.75, 3.05) is 26.0 Å². The molecule has 0 aliphatic heterocycles. The molecule has 228 valence electrons. The number of phenols is 1. The number of aliphatic hydroxyl groups excluding tert-OH is 1. The van der Waals surface area contributed by atoms with Crippen LogP contribution in [0.1, 0.15) is 44.3 Å². The molecule has 0 spiro atoms. The molecule has 1 amide bonds. The number of carbonyl (C=O) groups excluding carboxylic acids is 2. The average Bonchev–Trinajstić information content (AvgIpc) is 3.06. The SMILES string of the molecule is CNc1c(O)ccc(C(O)CNCc2ccc(CNC(=O)c3ccc(COc4ccccc4)cc3)cc2OC)c1/C=C\C=O. The largest absolute Gasteiger partial charge is 0.506 e. The Balaban J connectivity index is 1.30. The van der Waals surface area contributed by atoms with Crippen LogP contribution in [-0.4, -0.2) is 43.1 Å². The smallest absolute Gasteiger partial charge is 0.251 e. The highest BCUT2D eigenvalue weighted by Crippen LogP contribution is 2.34. The second-order valence-electron chi connectivity index (χ2n) is 9.98. The number of phenolic OH excluding ortho intramolecular Hbond substituents is 1. The van der Waals surface area contributed by atoms with Gasteiger partial charge in [-0.15, -0.1) is 0 Å². The number of nitrogens with one attached hydrogen (secondary N) is 3. The Labute approximate surface area is 257 Å². The highest BCUT2D eigenvalue weighted by Gasteiger charge is 2.17. The van der Waals surface area contributed by atoms with Gasteiger partial charge in [0.15, 0.2) is 0 Å². The summed E-state index contributed by atoms with van der Waals surface area (Å²) in [5.41, 5.74) is 4.80. The van der Waals surface area contributed by atoms with Crippen LogP contribution in [0, 0.1) is 0 Å². The number of methoxy groups -OCH3 is 1. The quantitative estimate of drug-likeness (QED) is 0.0739. The van der Waals surface area contributed by atoms with Gasteiger partial charge in [-0.25, -0.2) is 0 Å². The molecule has 0 heterocycles. The Bertz CT molecular complexity index is 1570. The number of hydrogen-bond donors (Lipinski definition) is 5. The third kappa shape index (κ3) is 8.47. The molecule has 0 fully saturated rings. The van der Waals surface area contributed by atoms with Crippen LogP contribution in [0.15, 0.2) is 91.0 Å². The fraction of sp³-hybridized carbons (Fsp3) is 0.200. The van der Waals surface area contributed by atoms with Crippen molar-refractivity contribution < 1.29 is 29.3 Å². The van der Waals surface area contributed by atoms with Crippen molar-refractivity contribution in [3.63, 3.8) is 0 Å². The monoisotopic (exact) mass is 595 g/mol. The molecule has 9 heteroatoms. The maximum Gasteiger partial charge on any atom is 0.251 e. The summed E-state index contributed by atoms with van der Waals surface area (Å²) in [6.07, 6.45) is 2.60. The molecular formula is C35H37N3O6. The minimum atomic E-state index is -0.903. The van der Waals surface area contributed by atoms with Gasteiger partial charge in [0.05, 0.1) is 18.9 Å². The number of anilines is 1. The molecule has 5 N–H and O–H groups in total. The van der Waals surface area contributed by atoms with E-state index in [4.69, 9.17) is 9.47 Å². The Morgan fingerprint density at radius 1 is 0.955 bits per heavy atom. The van der Waals surface area contributed by atoms with Crippen LogP contribution in [0.4, 0.5) is 5.69 Å². The van der Waals surface area contributed by atoms with Gasteiger partial charge in [-0.2, -0.15) is 0 Å². The summed E-state index contributed by atoms with van der Waals surface area (Å²) in [7, 11) is 3.24. The van der Waals surface area contributed by atoms with Crippen LogP contribution in [-0.2, 0) is 24.5 Å².